The van der Waals surface area contributed by atoms with Crippen LogP contribution >= 0.6 is 0 Å². The van der Waals surface area contributed by atoms with Crippen LogP contribution in [0.15, 0.2) is 36.7 Å². The van der Waals surface area contributed by atoms with Crippen LogP contribution in [0, 0.1) is 0 Å². The third-order valence-electron chi connectivity index (χ3n) is 5.79. The summed E-state index contributed by atoms with van der Waals surface area (Å²) in [5.74, 6) is 0.994. The maximum Gasteiger partial charge on any atom is 0.254 e. The number of morpholine rings is 1. The van der Waals surface area contributed by atoms with E-state index in [1.807, 2.05) is 29.2 Å². The van der Waals surface area contributed by atoms with E-state index in [2.05, 4.69) is 20.6 Å². The number of hydrogen-bond donors (Lipinski definition) is 3. The average molecular weight is 419 g/mol. The Kier molecular flexibility index (Phi) is 5.35. The molecule has 1 atom stereocenters. The number of rotatable bonds is 4. The fourth-order valence-electron chi connectivity index (χ4n) is 4.02. The third kappa shape index (κ3) is 4.01. The predicted octanol–water partition coefficient (Wildman–Crippen LogP) is 1.52. The molecule has 2 aliphatic rings. The van der Waals surface area contributed by atoms with Crippen molar-refractivity contribution in [3.63, 3.8) is 0 Å². The summed E-state index contributed by atoms with van der Waals surface area (Å²) in [4.78, 5) is 28.0. The van der Waals surface area contributed by atoms with Crippen LogP contribution in [0.5, 0.6) is 0 Å². The van der Waals surface area contributed by atoms with Gasteiger partial charge in [-0.3, -0.25) is 4.79 Å². The van der Waals surface area contributed by atoms with Crippen molar-refractivity contribution >= 4 is 28.6 Å². The fraction of sp³-hybridized carbons (Fsp3) is 0.364. The Hall–Kier alpha value is -3.30. The number of carbonyl (C=O) groups excluding carboxylic acids is 1. The summed E-state index contributed by atoms with van der Waals surface area (Å²) in [7, 11) is 0. The Morgan fingerprint density at radius 1 is 1.16 bits per heavy atom. The van der Waals surface area contributed by atoms with Crippen LogP contribution in [0.1, 0.15) is 16.8 Å². The zero-order chi connectivity index (χ0) is 21.2. The van der Waals surface area contributed by atoms with Gasteiger partial charge < -0.3 is 26.0 Å². The van der Waals surface area contributed by atoms with Crippen LogP contribution in [0.3, 0.4) is 0 Å². The van der Waals surface area contributed by atoms with Crippen LogP contribution in [0.4, 0.5) is 11.8 Å². The number of hydrogen-bond acceptors (Lipinski definition) is 8. The van der Waals surface area contributed by atoms with E-state index in [1.165, 1.54) is 0 Å². The SMILES string of the molecule is Nc1ncc(-c2ccc(C(=O)N3CCOCC3)cc2)c2nc(N[C@@H]3CCNC3)ncc12. The van der Waals surface area contributed by atoms with Gasteiger partial charge in [-0.2, -0.15) is 0 Å². The first-order chi connectivity index (χ1) is 15.2. The van der Waals surface area contributed by atoms with Crippen molar-refractivity contribution in [3.8, 4) is 11.1 Å². The minimum Gasteiger partial charge on any atom is -0.383 e. The monoisotopic (exact) mass is 419 g/mol. The van der Waals surface area contributed by atoms with Crippen LogP contribution in [0.25, 0.3) is 22.0 Å². The average Bonchev–Trinajstić information content (AvgIpc) is 3.33. The molecular formula is C22H25N7O2. The summed E-state index contributed by atoms with van der Waals surface area (Å²) < 4.78 is 5.33. The number of anilines is 2. The van der Waals surface area contributed by atoms with E-state index in [0.29, 0.717) is 55.1 Å². The zero-order valence-corrected chi connectivity index (χ0v) is 17.2. The molecule has 1 aromatic carbocycles. The van der Waals surface area contributed by atoms with Gasteiger partial charge in [-0.1, -0.05) is 12.1 Å². The molecule has 31 heavy (non-hydrogen) atoms. The van der Waals surface area contributed by atoms with E-state index >= 15 is 0 Å². The van der Waals surface area contributed by atoms with Gasteiger partial charge in [0.15, 0.2) is 0 Å². The van der Waals surface area contributed by atoms with Crippen molar-refractivity contribution in [1.29, 1.82) is 0 Å². The lowest BCUT2D eigenvalue weighted by molar-refractivity contribution is 0.0303. The molecule has 1 amide bonds. The first-order valence-electron chi connectivity index (χ1n) is 10.5. The van der Waals surface area contributed by atoms with E-state index < -0.39 is 0 Å². The van der Waals surface area contributed by atoms with Gasteiger partial charge in [0.1, 0.15) is 5.82 Å². The Balaban J connectivity index is 1.45. The number of nitrogens with zero attached hydrogens (tertiary/aromatic N) is 4. The molecule has 160 valence electrons. The quantitative estimate of drug-likeness (QED) is 0.583. The van der Waals surface area contributed by atoms with Crippen LogP contribution in [-0.4, -0.2) is 71.2 Å². The molecule has 4 N–H and O–H groups in total. The number of nitrogen functional groups attached to an aromatic ring is 1. The van der Waals surface area contributed by atoms with Crippen LogP contribution in [-0.2, 0) is 4.74 Å². The van der Waals surface area contributed by atoms with Gasteiger partial charge in [-0.05, 0) is 30.7 Å². The maximum atomic E-state index is 12.7. The number of benzene rings is 1. The van der Waals surface area contributed by atoms with Crippen molar-refractivity contribution < 1.29 is 9.53 Å². The molecule has 2 aromatic heterocycles. The van der Waals surface area contributed by atoms with E-state index in [1.54, 1.807) is 12.4 Å². The molecular weight excluding hydrogens is 394 g/mol. The summed E-state index contributed by atoms with van der Waals surface area (Å²) in [5, 5.41) is 7.42. The Labute approximate surface area is 180 Å². The molecule has 4 heterocycles. The molecule has 2 aliphatic heterocycles. The molecule has 0 aliphatic carbocycles. The number of nitrogens with one attached hydrogen (secondary N) is 2. The van der Waals surface area contributed by atoms with E-state index in [4.69, 9.17) is 15.5 Å². The predicted molar refractivity (Wildman–Crippen MR) is 119 cm³/mol. The third-order valence-corrected chi connectivity index (χ3v) is 5.79. The van der Waals surface area contributed by atoms with Gasteiger partial charge >= 0.3 is 0 Å². The van der Waals surface area contributed by atoms with Crippen LogP contribution in [0.2, 0.25) is 0 Å². The standard InChI is InChI=1S/C22H25N7O2/c23-20-18-13-26-22(27-16-5-6-24-11-16)28-19(18)17(12-25-20)14-1-3-15(4-2-14)21(30)29-7-9-31-10-8-29/h1-4,12-13,16,24H,5-11H2,(H2,23,25)(H,26,27,28)/t16-/m1/s1. The minimum absolute atomic E-state index is 0.0223. The van der Waals surface area contributed by atoms with E-state index in [0.717, 1.165) is 36.2 Å². The molecule has 9 nitrogen and oxygen atoms in total. The molecule has 3 aromatic rings. The van der Waals surface area contributed by atoms with Gasteiger partial charge in [-0.15, -0.1) is 0 Å². The highest BCUT2D eigenvalue weighted by Crippen LogP contribution is 2.30. The van der Waals surface area contributed by atoms with Gasteiger partial charge in [0.25, 0.3) is 5.91 Å². The molecule has 2 saturated heterocycles. The number of nitrogens with two attached hydrogens (primary N) is 1. The molecule has 9 heteroatoms. The highest BCUT2D eigenvalue weighted by atomic mass is 16.5. The Morgan fingerprint density at radius 3 is 2.71 bits per heavy atom. The van der Waals surface area contributed by atoms with Crippen molar-refractivity contribution in [3.05, 3.63) is 42.2 Å². The van der Waals surface area contributed by atoms with Gasteiger partial charge in [0.05, 0.1) is 24.1 Å². The van der Waals surface area contributed by atoms with Gasteiger partial charge in [0.2, 0.25) is 5.95 Å². The largest absolute Gasteiger partial charge is 0.383 e. The number of aromatic nitrogens is 3. The Morgan fingerprint density at radius 2 is 1.97 bits per heavy atom. The van der Waals surface area contributed by atoms with Crippen molar-refractivity contribution in [1.82, 2.24) is 25.2 Å². The number of ether oxygens (including phenoxy) is 1. The number of fused-ring (bicyclic) bond motifs is 1. The highest BCUT2D eigenvalue weighted by Gasteiger charge is 2.19. The first kappa shape index (κ1) is 19.7. The molecule has 0 radical (unpaired) electrons. The summed E-state index contributed by atoms with van der Waals surface area (Å²) in [6, 6.07) is 7.86. The second-order valence-corrected chi connectivity index (χ2v) is 7.83. The van der Waals surface area contributed by atoms with Crippen molar-refractivity contribution in [2.45, 2.75) is 12.5 Å². The number of amides is 1. The summed E-state index contributed by atoms with van der Waals surface area (Å²) >= 11 is 0. The van der Waals surface area contributed by atoms with E-state index in [-0.39, 0.29) is 5.91 Å². The lowest BCUT2D eigenvalue weighted by Crippen LogP contribution is -2.40. The van der Waals surface area contributed by atoms with Gasteiger partial charge in [0, 0.05) is 49.2 Å². The normalized spacial score (nSPS) is 19.0. The second kappa shape index (κ2) is 8.44. The highest BCUT2D eigenvalue weighted by molar-refractivity contribution is 5.99. The molecule has 2 fully saturated rings. The maximum absolute atomic E-state index is 12.7. The van der Waals surface area contributed by atoms with E-state index in [9.17, 15) is 4.79 Å². The van der Waals surface area contributed by atoms with Crippen LogP contribution < -0.4 is 16.4 Å². The lowest BCUT2D eigenvalue weighted by Gasteiger charge is -2.26. The first-order valence-corrected chi connectivity index (χ1v) is 10.5. The summed E-state index contributed by atoms with van der Waals surface area (Å²) in [5.41, 5.74) is 9.25. The zero-order valence-electron chi connectivity index (χ0n) is 17.2. The minimum atomic E-state index is 0.0223. The molecule has 0 unspecified atom stereocenters. The second-order valence-electron chi connectivity index (χ2n) is 7.83. The lowest BCUT2D eigenvalue weighted by atomic mass is 10.0. The molecule has 0 bridgehead atoms. The fourth-order valence-corrected chi connectivity index (χ4v) is 4.02. The molecule has 0 spiro atoms. The summed E-state index contributed by atoms with van der Waals surface area (Å²) in [6.45, 7) is 4.29. The van der Waals surface area contributed by atoms with Crippen molar-refractivity contribution in [2.24, 2.45) is 0 Å². The topological polar surface area (TPSA) is 118 Å². The summed E-state index contributed by atoms with van der Waals surface area (Å²) in [6.07, 6.45) is 4.48. The van der Waals surface area contributed by atoms with Gasteiger partial charge in [-0.25, -0.2) is 15.0 Å². The number of carbonyl (C=O) groups is 1. The Bertz CT molecular complexity index is 1090. The van der Waals surface area contributed by atoms with Crippen molar-refractivity contribution in [2.75, 3.05) is 50.4 Å². The molecule has 0 saturated carbocycles. The smallest absolute Gasteiger partial charge is 0.254 e. The molecule has 5 rings (SSSR count). The number of pyridine rings is 1.